The average Bonchev–Trinajstić information content (AvgIpc) is 2.82. The molecular formula is C26H24IN3O3. The third-order valence-corrected chi connectivity index (χ3v) is 5.60. The number of nitriles is 1. The van der Waals surface area contributed by atoms with Crippen LogP contribution in [0.3, 0.4) is 0 Å². The summed E-state index contributed by atoms with van der Waals surface area (Å²) in [4.78, 5) is 14.6. The summed E-state index contributed by atoms with van der Waals surface area (Å²) in [5.74, 6) is 0.664. The first-order valence-electron chi connectivity index (χ1n) is 10.2. The monoisotopic (exact) mass is 553 g/mol. The number of methoxy groups -OCH3 is 1. The first kappa shape index (κ1) is 24.1. The van der Waals surface area contributed by atoms with Crippen LogP contribution < -0.4 is 19.7 Å². The van der Waals surface area contributed by atoms with Gasteiger partial charge in [-0.2, -0.15) is 5.26 Å². The Hall–Kier alpha value is -3.51. The second-order valence-corrected chi connectivity index (χ2v) is 8.54. The van der Waals surface area contributed by atoms with Gasteiger partial charge in [0.1, 0.15) is 18.2 Å². The van der Waals surface area contributed by atoms with E-state index in [1.807, 2.05) is 73.6 Å². The van der Waals surface area contributed by atoms with Crippen LogP contribution in [0.4, 0.5) is 11.4 Å². The van der Waals surface area contributed by atoms with Gasteiger partial charge in [0.25, 0.3) is 5.91 Å². The minimum absolute atomic E-state index is 0.0116. The number of hydrogen-bond acceptors (Lipinski definition) is 5. The topological polar surface area (TPSA) is 74.6 Å². The second-order valence-electron chi connectivity index (χ2n) is 7.37. The van der Waals surface area contributed by atoms with Gasteiger partial charge >= 0.3 is 0 Å². The molecule has 3 aromatic carbocycles. The quantitative estimate of drug-likeness (QED) is 0.227. The highest BCUT2D eigenvalue weighted by molar-refractivity contribution is 14.1. The molecule has 3 rings (SSSR count). The lowest BCUT2D eigenvalue weighted by molar-refractivity contribution is -0.112. The van der Waals surface area contributed by atoms with Gasteiger partial charge in [-0.1, -0.05) is 30.3 Å². The van der Waals surface area contributed by atoms with Crippen molar-refractivity contribution in [2.75, 3.05) is 31.4 Å². The molecule has 0 saturated carbocycles. The van der Waals surface area contributed by atoms with Crippen LogP contribution in [-0.2, 0) is 11.4 Å². The highest BCUT2D eigenvalue weighted by atomic mass is 127. The van der Waals surface area contributed by atoms with Crippen molar-refractivity contribution in [3.8, 4) is 17.6 Å². The third kappa shape index (κ3) is 6.49. The summed E-state index contributed by atoms with van der Waals surface area (Å²) in [5, 5.41) is 12.3. The maximum Gasteiger partial charge on any atom is 0.266 e. The fourth-order valence-corrected chi connectivity index (χ4v) is 3.83. The van der Waals surface area contributed by atoms with Crippen LogP contribution in [0.2, 0.25) is 0 Å². The predicted octanol–water partition coefficient (Wildman–Crippen LogP) is 5.49. The van der Waals surface area contributed by atoms with Gasteiger partial charge in [0.15, 0.2) is 11.5 Å². The van der Waals surface area contributed by atoms with E-state index in [9.17, 15) is 10.1 Å². The predicted molar refractivity (Wildman–Crippen MR) is 139 cm³/mol. The number of nitrogens with one attached hydrogen (secondary N) is 1. The van der Waals surface area contributed by atoms with Crippen molar-refractivity contribution in [1.29, 1.82) is 5.26 Å². The maximum atomic E-state index is 12.7. The van der Waals surface area contributed by atoms with E-state index >= 15 is 0 Å². The van der Waals surface area contributed by atoms with Gasteiger partial charge in [0.05, 0.1) is 10.7 Å². The summed E-state index contributed by atoms with van der Waals surface area (Å²) < 4.78 is 12.3. The van der Waals surface area contributed by atoms with Gasteiger partial charge in [-0.15, -0.1) is 0 Å². The molecule has 0 aliphatic rings. The van der Waals surface area contributed by atoms with Gasteiger partial charge in [-0.05, 0) is 76.2 Å². The summed E-state index contributed by atoms with van der Waals surface area (Å²) in [5.41, 5.74) is 3.32. The Bertz CT molecular complexity index is 1180. The van der Waals surface area contributed by atoms with Crippen molar-refractivity contribution >= 4 is 45.9 Å². The molecule has 0 aliphatic heterocycles. The molecule has 0 bridgehead atoms. The number of nitrogens with zero attached hydrogens (tertiary/aromatic N) is 2. The zero-order valence-corrected chi connectivity index (χ0v) is 20.8. The second kappa shape index (κ2) is 11.4. The van der Waals surface area contributed by atoms with Crippen LogP contribution in [0.1, 0.15) is 11.1 Å². The lowest BCUT2D eigenvalue weighted by Gasteiger charge is -2.14. The van der Waals surface area contributed by atoms with Crippen LogP contribution in [0, 0.1) is 14.9 Å². The van der Waals surface area contributed by atoms with Crippen LogP contribution in [0.25, 0.3) is 6.08 Å². The molecule has 33 heavy (non-hydrogen) atoms. The Morgan fingerprint density at radius 1 is 1.12 bits per heavy atom. The van der Waals surface area contributed by atoms with Gasteiger partial charge in [0, 0.05) is 25.5 Å². The fourth-order valence-electron chi connectivity index (χ4n) is 3.05. The molecule has 0 aromatic heterocycles. The summed E-state index contributed by atoms with van der Waals surface area (Å²) in [6, 6.07) is 22.8. The summed E-state index contributed by atoms with van der Waals surface area (Å²) >= 11 is 2.16. The summed E-state index contributed by atoms with van der Waals surface area (Å²) in [6.07, 6.45) is 1.54. The molecule has 0 saturated heterocycles. The van der Waals surface area contributed by atoms with E-state index in [1.165, 1.54) is 6.08 Å². The van der Waals surface area contributed by atoms with Crippen LogP contribution in [0.5, 0.6) is 11.5 Å². The number of rotatable bonds is 8. The van der Waals surface area contributed by atoms with E-state index in [2.05, 4.69) is 27.9 Å². The minimum Gasteiger partial charge on any atom is -0.493 e. The molecule has 6 nitrogen and oxygen atoms in total. The fraction of sp³-hybridized carbons (Fsp3) is 0.154. The molecule has 0 fully saturated rings. The van der Waals surface area contributed by atoms with E-state index in [4.69, 9.17) is 9.47 Å². The molecule has 1 amide bonds. The molecule has 0 unspecified atom stereocenters. The molecular weight excluding hydrogens is 529 g/mol. The number of carbonyl (C=O) groups is 1. The lowest BCUT2D eigenvalue weighted by atomic mass is 10.1. The number of halogens is 1. The van der Waals surface area contributed by atoms with Crippen LogP contribution in [0.15, 0.2) is 72.3 Å². The van der Waals surface area contributed by atoms with Crippen LogP contribution >= 0.6 is 22.6 Å². The Morgan fingerprint density at radius 2 is 1.82 bits per heavy atom. The van der Waals surface area contributed by atoms with E-state index in [0.717, 1.165) is 14.8 Å². The first-order valence-corrected chi connectivity index (χ1v) is 11.2. The Morgan fingerprint density at radius 3 is 2.42 bits per heavy atom. The largest absolute Gasteiger partial charge is 0.493 e. The zero-order chi connectivity index (χ0) is 23.8. The number of hydrogen-bond donors (Lipinski definition) is 1. The molecule has 168 valence electrons. The van der Waals surface area contributed by atoms with Crippen molar-refractivity contribution in [2.45, 2.75) is 6.61 Å². The minimum atomic E-state index is -0.478. The van der Waals surface area contributed by atoms with Gasteiger partial charge < -0.3 is 19.7 Å². The molecule has 3 aromatic rings. The van der Waals surface area contributed by atoms with Crippen molar-refractivity contribution in [1.82, 2.24) is 0 Å². The Kier molecular flexibility index (Phi) is 8.33. The van der Waals surface area contributed by atoms with Crippen molar-refractivity contribution in [2.24, 2.45) is 0 Å². The van der Waals surface area contributed by atoms with E-state index in [0.29, 0.717) is 29.4 Å². The van der Waals surface area contributed by atoms with Gasteiger partial charge in [-0.25, -0.2) is 0 Å². The van der Waals surface area contributed by atoms with Crippen molar-refractivity contribution < 1.29 is 14.3 Å². The van der Waals surface area contributed by atoms with Crippen molar-refractivity contribution in [3.63, 3.8) is 0 Å². The molecule has 0 heterocycles. The Labute approximate surface area is 207 Å². The lowest BCUT2D eigenvalue weighted by Crippen LogP contribution is -2.14. The van der Waals surface area contributed by atoms with E-state index < -0.39 is 5.91 Å². The molecule has 0 spiro atoms. The highest BCUT2D eigenvalue weighted by Crippen LogP contribution is 2.35. The van der Waals surface area contributed by atoms with Crippen molar-refractivity contribution in [3.05, 3.63) is 87.0 Å². The van der Waals surface area contributed by atoms with Gasteiger partial charge in [-0.3, -0.25) is 4.79 Å². The maximum absolute atomic E-state index is 12.7. The smallest absolute Gasteiger partial charge is 0.266 e. The number of benzene rings is 3. The summed E-state index contributed by atoms with van der Waals surface area (Å²) in [7, 11) is 5.44. The molecule has 0 radical (unpaired) electrons. The number of amides is 1. The average molecular weight is 553 g/mol. The van der Waals surface area contributed by atoms with E-state index in [-0.39, 0.29) is 5.57 Å². The Balaban J connectivity index is 1.78. The highest BCUT2D eigenvalue weighted by Gasteiger charge is 2.14. The molecule has 7 heteroatoms. The zero-order valence-electron chi connectivity index (χ0n) is 18.6. The van der Waals surface area contributed by atoms with Crippen LogP contribution in [-0.4, -0.2) is 27.1 Å². The number of carbonyl (C=O) groups excluding carboxylic acids is 1. The standard InChI is InChI=1S/C26H24IN3O3/c1-30(2)22-11-9-21(10-12-22)29-26(31)20(16-28)13-19-14-23(27)25(24(15-19)32-3)33-17-18-7-5-4-6-8-18/h4-15H,17H2,1-3H3,(H,29,31)/b20-13-. The number of ether oxygens (including phenoxy) is 2. The summed E-state index contributed by atoms with van der Waals surface area (Å²) in [6.45, 7) is 0.404. The molecule has 1 N–H and O–H groups in total. The first-order chi connectivity index (χ1) is 15.9. The molecule has 0 aliphatic carbocycles. The SMILES string of the molecule is COc1cc(/C=C(/C#N)C(=O)Nc2ccc(N(C)C)cc2)cc(I)c1OCc1ccccc1. The van der Waals surface area contributed by atoms with Gasteiger partial charge in [0.2, 0.25) is 0 Å². The number of anilines is 2. The molecule has 0 atom stereocenters. The van der Waals surface area contributed by atoms with E-state index in [1.54, 1.807) is 25.3 Å². The normalized spacial score (nSPS) is 10.8. The third-order valence-electron chi connectivity index (χ3n) is 4.80.